The lowest BCUT2D eigenvalue weighted by atomic mass is 10.1. The first-order valence-electron chi connectivity index (χ1n) is 9.64. The summed E-state index contributed by atoms with van der Waals surface area (Å²) in [5.74, 6) is 0.424. The van der Waals surface area contributed by atoms with Gasteiger partial charge in [0.25, 0.3) is 11.5 Å². The maximum Gasteiger partial charge on any atom is 0.271 e. The molecule has 2 aromatic carbocycles. The molecule has 30 heavy (non-hydrogen) atoms. The number of hydrazone groups is 1. The first-order chi connectivity index (χ1) is 14.7. The molecule has 0 saturated heterocycles. The molecular formula is C22H18N6O2. The van der Waals surface area contributed by atoms with Gasteiger partial charge in [-0.3, -0.25) is 14.2 Å². The van der Waals surface area contributed by atoms with Gasteiger partial charge in [-0.05, 0) is 42.3 Å². The first-order valence-corrected chi connectivity index (χ1v) is 9.64. The highest BCUT2D eigenvalue weighted by molar-refractivity contribution is 5.98. The molecule has 0 spiro atoms. The molecule has 2 aromatic heterocycles. The minimum Gasteiger partial charge on any atom is -0.306 e. The Morgan fingerprint density at radius 3 is 2.83 bits per heavy atom. The number of imidazole rings is 1. The van der Waals surface area contributed by atoms with Crippen LogP contribution in [-0.4, -0.2) is 31.2 Å². The maximum absolute atomic E-state index is 12.5. The molecule has 0 atom stereocenters. The number of hydrogen-bond acceptors (Lipinski definition) is 5. The van der Waals surface area contributed by atoms with Gasteiger partial charge in [0, 0.05) is 36.6 Å². The second-order valence-electron chi connectivity index (χ2n) is 7.08. The Kier molecular flexibility index (Phi) is 4.44. The van der Waals surface area contributed by atoms with E-state index in [1.807, 2.05) is 35.0 Å². The number of nitrogens with zero attached hydrogens (tertiary/aromatic N) is 5. The number of aryl methyl sites for hydroxylation is 1. The highest BCUT2D eigenvalue weighted by Gasteiger charge is 2.17. The molecule has 1 aliphatic rings. The lowest BCUT2D eigenvalue weighted by molar-refractivity contribution is 0.0955. The molecule has 0 bridgehead atoms. The summed E-state index contributed by atoms with van der Waals surface area (Å²) >= 11 is 0. The summed E-state index contributed by atoms with van der Waals surface area (Å²) < 4.78 is 3.61. The van der Waals surface area contributed by atoms with Crippen LogP contribution in [0.2, 0.25) is 0 Å². The molecule has 1 aliphatic heterocycles. The molecule has 1 amide bonds. The summed E-state index contributed by atoms with van der Waals surface area (Å²) in [4.78, 5) is 33.6. The van der Waals surface area contributed by atoms with Crippen molar-refractivity contribution in [2.75, 3.05) is 0 Å². The lowest BCUT2D eigenvalue weighted by Crippen LogP contribution is -2.22. The lowest BCUT2D eigenvalue weighted by Gasteiger charge is -2.06. The van der Waals surface area contributed by atoms with E-state index >= 15 is 0 Å². The van der Waals surface area contributed by atoms with Crippen molar-refractivity contribution >= 4 is 23.0 Å². The summed E-state index contributed by atoms with van der Waals surface area (Å²) in [5.41, 5.74) is 5.27. The van der Waals surface area contributed by atoms with Crippen LogP contribution < -0.4 is 11.0 Å². The number of carbonyl (C=O) groups excluding carboxylic acids is 1. The van der Waals surface area contributed by atoms with Crippen molar-refractivity contribution in [3.8, 4) is 5.69 Å². The van der Waals surface area contributed by atoms with Crippen LogP contribution in [0.15, 0.2) is 71.1 Å². The third-order valence-corrected chi connectivity index (χ3v) is 5.15. The number of hydrogen-bond donors (Lipinski definition) is 1. The number of amides is 1. The van der Waals surface area contributed by atoms with Gasteiger partial charge in [-0.1, -0.05) is 12.1 Å². The fraction of sp³-hybridized carbons (Fsp3) is 0.136. The Labute approximate surface area is 171 Å². The van der Waals surface area contributed by atoms with E-state index in [0.717, 1.165) is 29.9 Å². The van der Waals surface area contributed by atoms with E-state index in [1.54, 1.807) is 41.5 Å². The zero-order chi connectivity index (χ0) is 20.5. The number of benzene rings is 2. The molecule has 4 aromatic rings. The monoisotopic (exact) mass is 398 g/mol. The van der Waals surface area contributed by atoms with E-state index < -0.39 is 0 Å². The summed E-state index contributed by atoms with van der Waals surface area (Å²) in [6.07, 6.45) is 8.59. The molecule has 3 heterocycles. The minimum atomic E-state index is -0.356. The van der Waals surface area contributed by atoms with Gasteiger partial charge in [0.2, 0.25) is 0 Å². The topological polar surface area (TPSA) is 94.2 Å². The Morgan fingerprint density at radius 2 is 2.03 bits per heavy atom. The summed E-state index contributed by atoms with van der Waals surface area (Å²) in [7, 11) is 0. The predicted molar refractivity (Wildman–Crippen MR) is 113 cm³/mol. The number of nitrogens with one attached hydrogen (secondary N) is 1. The molecule has 148 valence electrons. The van der Waals surface area contributed by atoms with Crippen molar-refractivity contribution in [3.63, 3.8) is 0 Å². The largest absolute Gasteiger partial charge is 0.306 e. The minimum absolute atomic E-state index is 0.0448. The third kappa shape index (κ3) is 3.28. The smallest absolute Gasteiger partial charge is 0.271 e. The Morgan fingerprint density at radius 1 is 1.17 bits per heavy atom. The van der Waals surface area contributed by atoms with Gasteiger partial charge >= 0.3 is 0 Å². The normalized spacial score (nSPS) is 13.1. The maximum atomic E-state index is 12.5. The van der Waals surface area contributed by atoms with Gasteiger partial charge in [0.05, 0.1) is 23.4 Å². The van der Waals surface area contributed by atoms with Gasteiger partial charge in [-0.25, -0.2) is 15.4 Å². The summed E-state index contributed by atoms with van der Waals surface area (Å²) in [6, 6.07) is 12.6. The third-order valence-electron chi connectivity index (χ3n) is 5.15. The molecular weight excluding hydrogens is 380 g/mol. The Balaban J connectivity index is 1.31. The van der Waals surface area contributed by atoms with E-state index in [1.165, 1.54) is 0 Å². The van der Waals surface area contributed by atoms with E-state index in [0.29, 0.717) is 23.0 Å². The Bertz CT molecular complexity index is 1320. The van der Waals surface area contributed by atoms with Gasteiger partial charge in [-0.15, -0.1) is 0 Å². The van der Waals surface area contributed by atoms with Crippen LogP contribution in [0.25, 0.3) is 16.6 Å². The zero-order valence-electron chi connectivity index (χ0n) is 16.0. The van der Waals surface area contributed by atoms with Crippen LogP contribution in [0.1, 0.15) is 28.2 Å². The van der Waals surface area contributed by atoms with Crippen LogP contribution in [-0.2, 0) is 13.0 Å². The quantitative estimate of drug-likeness (QED) is 0.422. The zero-order valence-corrected chi connectivity index (χ0v) is 16.0. The van der Waals surface area contributed by atoms with Gasteiger partial charge in [0.1, 0.15) is 5.82 Å². The van der Waals surface area contributed by atoms with Gasteiger partial charge in [-0.2, -0.15) is 5.10 Å². The van der Waals surface area contributed by atoms with E-state index in [2.05, 4.69) is 20.5 Å². The standard InChI is InChI=1S/C22H18N6O2/c29-21(26-24-13-15-3-6-17(7-4-15)27-11-9-23-14-27)16-5-8-18-19(12-16)25-20-2-1-10-28(20)22(18)30/h3-9,11-14H,1-2,10H2,(H,26,29). The SMILES string of the molecule is O=C(NN=Cc1ccc(-n2ccnc2)cc1)c1ccc2c(=O)n3c(nc2c1)CCC3. The first kappa shape index (κ1) is 18.0. The molecule has 0 unspecified atom stereocenters. The second kappa shape index (κ2) is 7.40. The summed E-state index contributed by atoms with van der Waals surface area (Å²) in [5, 5.41) is 4.56. The molecule has 0 fully saturated rings. The number of carbonyl (C=O) groups is 1. The van der Waals surface area contributed by atoms with Crippen LogP contribution in [0.4, 0.5) is 0 Å². The average molecular weight is 398 g/mol. The second-order valence-corrected chi connectivity index (χ2v) is 7.08. The van der Waals surface area contributed by atoms with Crippen molar-refractivity contribution in [3.05, 3.63) is 88.5 Å². The van der Waals surface area contributed by atoms with Crippen molar-refractivity contribution in [2.24, 2.45) is 5.10 Å². The molecule has 0 saturated carbocycles. The number of aromatic nitrogens is 4. The van der Waals surface area contributed by atoms with Crippen molar-refractivity contribution in [1.29, 1.82) is 0 Å². The molecule has 0 radical (unpaired) electrons. The highest BCUT2D eigenvalue weighted by atomic mass is 16.2. The molecule has 0 aliphatic carbocycles. The number of fused-ring (bicyclic) bond motifs is 2. The molecule has 8 heteroatoms. The molecule has 5 rings (SSSR count). The van der Waals surface area contributed by atoms with Crippen molar-refractivity contribution in [2.45, 2.75) is 19.4 Å². The van der Waals surface area contributed by atoms with E-state index in [9.17, 15) is 9.59 Å². The van der Waals surface area contributed by atoms with E-state index in [-0.39, 0.29) is 11.5 Å². The average Bonchev–Trinajstić information content (AvgIpc) is 3.46. The van der Waals surface area contributed by atoms with Crippen LogP contribution in [0, 0.1) is 0 Å². The van der Waals surface area contributed by atoms with Gasteiger partial charge < -0.3 is 4.57 Å². The highest BCUT2D eigenvalue weighted by Crippen LogP contribution is 2.16. The summed E-state index contributed by atoms with van der Waals surface area (Å²) in [6.45, 7) is 0.706. The van der Waals surface area contributed by atoms with Gasteiger partial charge in [0.15, 0.2) is 0 Å². The van der Waals surface area contributed by atoms with E-state index in [4.69, 9.17) is 0 Å². The molecule has 8 nitrogen and oxygen atoms in total. The van der Waals surface area contributed by atoms with Crippen molar-refractivity contribution < 1.29 is 4.79 Å². The fourth-order valence-electron chi connectivity index (χ4n) is 3.60. The predicted octanol–water partition coefficient (Wildman–Crippen LogP) is 2.29. The molecule has 1 N–H and O–H groups in total. The van der Waals surface area contributed by atoms with Crippen LogP contribution >= 0.6 is 0 Å². The fourth-order valence-corrected chi connectivity index (χ4v) is 3.60. The number of rotatable bonds is 4. The Hall–Kier alpha value is -4.07. The van der Waals surface area contributed by atoms with Crippen LogP contribution in [0.5, 0.6) is 0 Å². The van der Waals surface area contributed by atoms with Crippen molar-refractivity contribution in [1.82, 2.24) is 24.5 Å². The van der Waals surface area contributed by atoms with Crippen LogP contribution in [0.3, 0.4) is 0 Å².